The van der Waals surface area contributed by atoms with Crippen molar-refractivity contribution in [1.29, 1.82) is 0 Å². The first-order valence-electron chi connectivity index (χ1n) is 4.47. The molecule has 1 nitrogen and oxygen atoms in total. The average molecular weight is 156 g/mol. The summed E-state index contributed by atoms with van der Waals surface area (Å²) in [6.07, 6.45) is 1.96. The van der Waals surface area contributed by atoms with Gasteiger partial charge in [0.1, 0.15) is 5.78 Å². The molecule has 0 radical (unpaired) electrons. The number of carbonyl (C=O) groups excluding carboxylic acids is 1. The van der Waals surface area contributed by atoms with Gasteiger partial charge in [-0.05, 0) is 12.8 Å². The van der Waals surface area contributed by atoms with Crippen molar-refractivity contribution >= 4 is 5.78 Å². The van der Waals surface area contributed by atoms with E-state index < -0.39 is 0 Å². The van der Waals surface area contributed by atoms with Gasteiger partial charge in [-0.1, -0.05) is 34.6 Å². The lowest BCUT2D eigenvalue weighted by Crippen LogP contribution is -2.27. The van der Waals surface area contributed by atoms with Crippen molar-refractivity contribution in [2.45, 2.75) is 47.5 Å². The number of hydrogen-bond donors (Lipinski definition) is 0. The highest BCUT2D eigenvalue weighted by Gasteiger charge is 2.26. The Morgan fingerprint density at radius 3 is 1.64 bits per heavy atom. The van der Waals surface area contributed by atoms with E-state index in [0.29, 0.717) is 5.78 Å². The molecule has 1 heteroatoms. The molecule has 0 spiro atoms. The Hall–Kier alpha value is -0.330. The maximum atomic E-state index is 11.6. The Balaban J connectivity index is 4.22. The fourth-order valence-electron chi connectivity index (χ4n) is 1.27. The van der Waals surface area contributed by atoms with E-state index in [1.165, 1.54) is 0 Å². The third-order valence-corrected chi connectivity index (χ3v) is 2.10. The van der Waals surface area contributed by atoms with Gasteiger partial charge in [0.2, 0.25) is 0 Å². The van der Waals surface area contributed by atoms with E-state index in [9.17, 15) is 4.79 Å². The van der Waals surface area contributed by atoms with E-state index >= 15 is 0 Å². The Labute approximate surface area is 70.2 Å². The predicted octanol–water partition coefficient (Wildman–Crippen LogP) is 3.04. The third kappa shape index (κ3) is 3.04. The van der Waals surface area contributed by atoms with Gasteiger partial charge in [-0.25, -0.2) is 0 Å². The maximum Gasteiger partial charge on any atom is 0.141 e. The third-order valence-electron chi connectivity index (χ3n) is 2.10. The molecule has 0 aromatic rings. The molecule has 0 rings (SSSR count). The van der Waals surface area contributed by atoms with E-state index in [-0.39, 0.29) is 11.3 Å². The lowest BCUT2D eigenvalue weighted by atomic mass is 9.81. The molecule has 0 unspecified atom stereocenters. The van der Waals surface area contributed by atoms with Gasteiger partial charge in [0, 0.05) is 11.3 Å². The van der Waals surface area contributed by atoms with Crippen LogP contribution in [-0.2, 0) is 4.79 Å². The van der Waals surface area contributed by atoms with Crippen molar-refractivity contribution in [1.82, 2.24) is 0 Å². The van der Waals surface area contributed by atoms with Gasteiger partial charge in [-0.15, -0.1) is 0 Å². The summed E-state index contributed by atoms with van der Waals surface area (Å²) in [6, 6.07) is 0. The van der Waals surface area contributed by atoms with Crippen LogP contribution >= 0.6 is 0 Å². The molecule has 0 bridgehead atoms. The predicted molar refractivity (Wildman–Crippen MR) is 48.5 cm³/mol. The van der Waals surface area contributed by atoms with Crippen LogP contribution in [0.15, 0.2) is 0 Å². The van der Waals surface area contributed by atoms with Crippen LogP contribution in [0.3, 0.4) is 0 Å². The van der Waals surface area contributed by atoms with E-state index in [4.69, 9.17) is 0 Å². The van der Waals surface area contributed by atoms with Crippen molar-refractivity contribution < 1.29 is 4.79 Å². The zero-order valence-corrected chi connectivity index (χ0v) is 8.40. The summed E-state index contributed by atoms with van der Waals surface area (Å²) in [5.41, 5.74) is -0.156. The molecule has 0 aliphatic rings. The molecule has 11 heavy (non-hydrogen) atoms. The molecule has 0 aliphatic heterocycles. The molecule has 0 fully saturated rings. The minimum atomic E-state index is -0.156. The van der Waals surface area contributed by atoms with E-state index in [0.717, 1.165) is 12.8 Å². The van der Waals surface area contributed by atoms with Crippen LogP contribution in [0.1, 0.15) is 47.5 Å². The molecular formula is C10H20O. The number of ketones is 1. The summed E-state index contributed by atoms with van der Waals surface area (Å²) in [5.74, 6) is 0.678. The largest absolute Gasteiger partial charge is 0.299 e. The highest BCUT2D eigenvalue weighted by molar-refractivity contribution is 5.85. The second-order valence-electron chi connectivity index (χ2n) is 4.13. The van der Waals surface area contributed by atoms with Crippen LogP contribution in [0.2, 0.25) is 0 Å². The second-order valence-corrected chi connectivity index (χ2v) is 4.13. The zero-order valence-electron chi connectivity index (χ0n) is 8.40. The molecule has 0 saturated heterocycles. The van der Waals surface area contributed by atoms with E-state index in [1.54, 1.807) is 0 Å². The Bertz CT molecular complexity index is 126. The van der Waals surface area contributed by atoms with Gasteiger partial charge in [-0.3, -0.25) is 4.79 Å². The first-order valence-corrected chi connectivity index (χ1v) is 4.47. The smallest absolute Gasteiger partial charge is 0.141 e. The molecule has 0 amide bonds. The minimum absolute atomic E-state index is 0.156. The number of hydrogen-bond acceptors (Lipinski definition) is 1. The van der Waals surface area contributed by atoms with Crippen molar-refractivity contribution in [3.8, 4) is 0 Å². The molecular weight excluding hydrogens is 136 g/mol. The number of Topliss-reactive ketones (excluding diaryl/α,β-unsaturated/α-hetero) is 1. The monoisotopic (exact) mass is 156 g/mol. The summed E-state index contributed by atoms with van der Waals surface area (Å²) in [4.78, 5) is 11.6. The van der Waals surface area contributed by atoms with E-state index in [1.807, 2.05) is 20.8 Å². The van der Waals surface area contributed by atoms with Crippen molar-refractivity contribution in [3.05, 3.63) is 0 Å². The molecule has 0 aromatic heterocycles. The molecule has 0 saturated carbocycles. The van der Waals surface area contributed by atoms with Crippen LogP contribution in [-0.4, -0.2) is 5.78 Å². The van der Waals surface area contributed by atoms with Crippen LogP contribution in [0.4, 0.5) is 0 Å². The fraction of sp³-hybridized carbons (Fsp3) is 0.900. The summed E-state index contributed by atoms with van der Waals surface area (Å²) in [6.45, 7) is 10.1. The standard InChI is InChI=1S/C10H20O/c1-6-8(7-2)9(11)10(3,4)5/h8H,6-7H2,1-5H3. The molecule has 0 N–H and O–H groups in total. The van der Waals surface area contributed by atoms with Crippen molar-refractivity contribution in [2.24, 2.45) is 11.3 Å². The summed E-state index contributed by atoms with van der Waals surface area (Å²) in [5, 5.41) is 0. The first kappa shape index (κ1) is 10.7. The summed E-state index contributed by atoms with van der Waals surface area (Å²) >= 11 is 0. The Morgan fingerprint density at radius 1 is 1.18 bits per heavy atom. The fourth-order valence-corrected chi connectivity index (χ4v) is 1.27. The van der Waals surface area contributed by atoms with Gasteiger partial charge in [-0.2, -0.15) is 0 Å². The molecule has 0 aliphatic carbocycles. The zero-order chi connectivity index (χ0) is 9.07. The van der Waals surface area contributed by atoms with Crippen LogP contribution < -0.4 is 0 Å². The van der Waals surface area contributed by atoms with E-state index in [2.05, 4.69) is 13.8 Å². The summed E-state index contributed by atoms with van der Waals surface area (Å²) < 4.78 is 0. The summed E-state index contributed by atoms with van der Waals surface area (Å²) in [7, 11) is 0. The molecule has 0 atom stereocenters. The van der Waals surface area contributed by atoms with Gasteiger partial charge in [0.05, 0.1) is 0 Å². The normalized spacial score (nSPS) is 12.2. The quantitative estimate of drug-likeness (QED) is 0.614. The van der Waals surface area contributed by atoms with Crippen molar-refractivity contribution in [2.75, 3.05) is 0 Å². The molecule has 0 aromatic carbocycles. The topological polar surface area (TPSA) is 17.1 Å². The van der Waals surface area contributed by atoms with Crippen LogP contribution in [0.25, 0.3) is 0 Å². The second kappa shape index (κ2) is 3.89. The lowest BCUT2D eigenvalue weighted by molar-refractivity contribution is -0.130. The molecule has 66 valence electrons. The minimum Gasteiger partial charge on any atom is -0.299 e. The SMILES string of the molecule is CCC(CC)C(=O)C(C)(C)C. The number of carbonyl (C=O) groups is 1. The van der Waals surface area contributed by atoms with Crippen LogP contribution in [0, 0.1) is 11.3 Å². The number of rotatable bonds is 3. The van der Waals surface area contributed by atoms with Crippen LogP contribution in [0.5, 0.6) is 0 Å². The maximum absolute atomic E-state index is 11.6. The Kier molecular flexibility index (Phi) is 3.77. The van der Waals surface area contributed by atoms with Gasteiger partial charge in [0.25, 0.3) is 0 Å². The lowest BCUT2D eigenvalue weighted by Gasteiger charge is -2.22. The van der Waals surface area contributed by atoms with Gasteiger partial charge >= 0.3 is 0 Å². The average Bonchev–Trinajstić information content (AvgIpc) is 1.88. The highest BCUT2D eigenvalue weighted by Crippen LogP contribution is 2.23. The van der Waals surface area contributed by atoms with Gasteiger partial charge in [0.15, 0.2) is 0 Å². The molecule has 0 heterocycles. The van der Waals surface area contributed by atoms with Gasteiger partial charge < -0.3 is 0 Å². The Morgan fingerprint density at radius 2 is 1.55 bits per heavy atom. The first-order chi connectivity index (χ1) is 4.93. The van der Waals surface area contributed by atoms with Crippen molar-refractivity contribution in [3.63, 3.8) is 0 Å². The highest BCUT2D eigenvalue weighted by atomic mass is 16.1.